The molecule has 6 nitrogen and oxygen atoms in total. The van der Waals surface area contributed by atoms with Gasteiger partial charge in [0, 0.05) is 19.3 Å². The molecular weight excluding hydrogens is 292 g/mol. The van der Waals surface area contributed by atoms with E-state index in [2.05, 4.69) is 4.72 Å². The summed E-state index contributed by atoms with van der Waals surface area (Å²) in [7, 11) is -2.09. The first-order valence-corrected chi connectivity index (χ1v) is 8.46. The molecule has 1 aromatic rings. The van der Waals surface area contributed by atoms with Crippen LogP contribution in [0.15, 0.2) is 23.1 Å². The second-order valence-electron chi connectivity index (χ2n) is 5.26. The summed E-state index contributed by atoms with van der Waals surface area (Å²) in [4.78, 5) is 0.153. The van der Waals surface area contributed by atoms with Gasteiger partial charge >= 0.3 is 0 Å². The molecule has 1 aromatic carbocycles. The molecule has 0 spiro atoms. The fourth-order valence-corrected chi connectivity index (χ4v) is 3.85. The molecule has 0 bridgehead atoms. The number of nitrogen functional groups attached to an aromatic ring is 1. The van der Waals surface area contributed by atoms with E-state index in [-0.39, 0.29) is 10.9 Å². The first-order chi connectivity index (χ1) is 9.94. The van der Waals surface area contributed by atoms with Gasteiger partial charge in [-0.1, -0.05) is 0 Å². The monoisotopic (exact) mass is 314 g/mol. The Morgan fingerprint density at radius 2 is 2.05 bits per heavy atom. The van der Waals surface area contributed by atoms with E-state index in [1.807, 2.05) is 6.92 Å². The van der Waals surface area contributed by atoms with Crippen molar-refractivity contribution >= 4 is 15.7 Å². The van der Waals surface area contributed by atoms with Crippen molar-refractivity contribution in [3.63, 3.8) is 0 Å². The van der Waals surface area contributed by atoms with Gasteiger partial charge in [-0.2, -0.15) is 0 Å². The van der Waals surface area contributed by atoms with E-state index in [0.29, 0.717) is 30.6 Å². The zero-order valence-electron chi connectivity index (χ0n) is 12.3. The number of ether oxygens (including phenoxy) is 2. The Balaban J connectivity index is 2.12. The number of methoxy groups -OCH3 is 1. The van der Waals surface area contributed by atoms with Crippen molar-refractivity contribution in [2.75, 3.05) is 26.1 Å². The number of sulfonamides is 1. The minimum absolute atomic E-state index is 0.137. The van der Waals surface area contributed by atoms with Crippen LogP contribution in [0.25, 0.3) is 0 Å². The molecule has 0 amide bonds. The molecule has 0 aromatic heterocycles. The van der Waals surface area contributed by atoms with Crippen LogP contribution in [0, 0.1) is 5.92 Å². The molecule has 1 unspecified atom stereocenters. The van der Waals surface area contributed by atoms with E-state index in [0.717, 1.165) is 12.8 Å². The van der Waals surface area contributed by atoms with E-state index in [1.54, 1.807) is 6.07 Å². The van der Waals surface area contributed by atoms with Crippen LogP contribution in [-0.4, -0.2) is 34.8 Å². The molecule has 21 heavy (non-hydrogen) atoms. The maximum absolute atomic E-state index is 12.4. The lowest BCUT2D eigenvalue weighted by molar-refractivity contribution is 0.0585. The third-order valence-electron chi connectivity index (χ3n) is 3.83. The normalized spacial score (nSPS) is 18.4. The molecule has 1 aliphatic heterocycles. The molecule has 0 radical (unpaired) electrons. The van der Waals surface area contributed by atoms with Gasteiger partial charge in [0.05, 0.1) is 17.7 Å². The molecule has 0 aliphatic carbocycles. The Labute approximate surface area is 125 Å². The van der Waals surface area contributed by atoms with Crippen LogP contribution in [0.1, 0.15) is 19.8 Å². The summed E-state index contributed by atoms with van der Waals surface area (Å²) in [5, 5.41) is 0. The number of anilines is 1. The second-order valence-corrected chi connectivity index (χ2v) is 6.98. The van der Waals surface area contributed by atoms with Crippen LogP contribution in [0.3, 0.4) is 0 Å². The lowest BCUT2D eigenvalue weighted by Crippen LogP contribution is -2.40. The van der Waals surface area contributed by atoms with E-state index in [1.165, 1.54) is 19.2 Å². The highest BCUT2D eigenvalue weighted by atomic mass is 32.2. The fourth-order valence-electron chi connectivity index (χ4n) is 2.50. The number of rotatable bonds is 5. The van der Waals surface area contributed by atoms with E-state index in [9.17, 15) is 8.42 Å². The van der Waals surface area contributed by atoms with Crippen molar-refractivity contribution in [1.82, 2.24) is 4.72 Å². The summed E-state index contributed by atoms with van der Waals surface area (Å²) in [6.45, 7) is 3.26. The largest absolute Gasteiger partial charge is 0.495 e. The van der Waals surface area contributed by atoms with Crippen molar-refractivity contribution in [2.24, 2.45) is 5.92 Å². The molecule has 1 fully saturated rings. The quantitative estimate of drug-likeness (QED) is 0.801. The number of benzene rings is 1. The first kappa shape index (κ1) is 16.1. The maximum atomic E-state index is 12.4. The standard InChI is InChI=1S/C14H22N2O4S/c1-10(11-5-7-20-8-6-11)16-21(17,18)12-3-4-14(19-2)13(15)9-12/h3-4,9-11,16H,5-8,15H2,1-2H3. The third kappa shape index (κ3) is 3.87. The number of hydrogen-bond donors (Lipinski definition) is 2. The molecule has 1 heterocycles. The predicted molar refractivity (Wildman–Crippen MR) is 80.7 cm³/mol. The first-order valence-electron chi connectivity index (χ1n) is 6.97. The van der Waals surface area contributed by atoms with Gasteiger partial charge in [-0.3, -0.25) is 0 Å². The van der Waals surface area contributed by atoms with Gasteiger partial charge in [0.15, 0.2) is 0 Å². The summed E-state index contributed by atoms with van der Waals surface area (Å²) in [6, 6.07) is 4.33. The molecule has 1 aliphatic rings. The van der Waals surface area contributed by atoms with Gasteiger partial charge in [0.1, 0.15) is 5.75 Å². The van der Waals surface area contributed by atoms with Gasteiger partial charge in [-0.05, 0) is 43.9 Å². The SMILES string of the molecule is COc1ccc(S(=O)(=O)NC(C)C2CCOCC2)cc1N. The average Bonchev–Trinajstić information content (AvgIpc) is 2.47. The van der Waals surface area contributed by atoms with Crippen LogP contribution in [0.5, 0.6) is 5.75 Å². The van der Waals surface area contributed by atoms with Gasteiger partial charge in [-0.25, -0.2) is 13.1 Å². The van der Waals surface area contributed by atoms with Crippen molar-refractivity contribution < 1.29 is 17.9 Å². The van der Waals surface area contributed by atoms with E-state index in [4.69, 9.17) is 15.2 Å². The summed E-state index contributed by atoms with van der Waals surface area (Å²) in [5.41, 5.74) is 6.07. The molecule has 7 heteroatoms. The van der Waals surface area contributed by atoms with Crippen LogP contribution in [0.4, 0.5) is 5.69 Å². The van der Waals surface area contributed by atoms with Crippen molar-refractivity contribution in [3.05, 3.63) is 18.2 Å². The molecule has 3 N–H and O–H groups in total. The van der Waals surface area contributed by atoms with Crippen LogP contribution >= 0.6 is 0 Å². The van der Waals surface area contributed by atoms with Crippen molar-refractivity contribution in [1.29, 1.82) is 0 Å². The highest BCUT2D eigenvalue weighted by molar-refractivity contribution is 7.89. The molecular formula is C14H22N2O4S. The third-order valence-corrected chi connectivity index (χ3v) is 5.38. The van der Waals surface area contributed by atoms with E-state index >= 15 is 0 Å². The fraction of sp³-hybridized carbons (Fsp3) is 0.571. The molecule has 1 saturated heterocycles. The Kier molecular flexibility index (Phi) is 5.08. The Morgan fingerprint density at radius 3 is 2.62 bits per heavy atom. The van der Waals surface area contributed by atoms with Gasteiger partial charge < -0.3 is 15.2 Å². The summed E-state index contributed by atoms with van der Waals surface area (Å²) in [6.07, 6.45) is 1.74. The Morgan fingerprint density at radius 1 is 1.38 bits per heavy atom. The minimum Gasteiger partial charge on any atom is -0.495 e. The second kappa shape index (κ2) is 6.64. The summed E-state index contributed by atoms with van der Waals surface area (Å²) >= 11 is 0. The van der Waals surface area contributed by atoms with Crippen molar-refractivity contribution in [3.8, 4) is 5.75 Å². The summed E-state index contributed by atoms with van der Waals surface area (Å²) < 4.78 is 37.9. The zero-order chi connectivity index (χ0) is 15.5. The van der Waals surface area contributed by atoms with Crippen molar-refractivity contribution in [2.45, 2.75) is 30.7 Å². The number of hydrogen-bond acceptors (Lipinski definition) is 5. The molecule has 0 saturated carbocycles. The lowest BCUT2D eigenvalue weighted by Gasteiger charge is -2.28. The van der Waals surface area contributed by atoms with Gasteiger partial charge in [0.2, 0.25) is 10.0 Å². The molecule has 2 rings (SSSR count). The zero-order valence-corrected chi connectivity index (χ0v) is 13.2. The maximum Gasteiger partial charge on any atom is 0.240 e. The predicted octanol–water partition coefficient (Wildman–Crippen LogP) is 1.37. The Bertz CT molecular complexity index is 583. The number of nitrogens with two attached hydrogens (primary N) is 1. The average molecular weight is 314 g/mol. The summed E-state index contributed by atoms with van der Waals surface area (Å²) in [5.74, 6) is 0.760. The smallest absolute Gasteiger partial charge is 0.240 e. The topological polar surface area (TPSA) is 90.7 Å². The van der Waals surface area contributed by atoms with Crippen LogP contribution in [-0.2, 0) is 14.8 Å². The van der Waals surface area contributed by atoms with Gasteiger partial charge in [-0.15, -0.1) is 0 Å². The lowest BCUT2D eigenvalue weighted by atomic mass is 9.94. The molecule has 1 atom stereocenters. The molecule has 118 valence electrons. The highest BCUT2D eigenvalue weighted by Gasteiger charge is 2.25. The van der Waals surface area contributed by atoms with Gasteiger partial charge in [0.25, 0.3) is 0 Å². The van der Waals surface area contributed by atoms with Crippen LogP contribution < -0.4 is 15.2 Å². The Hall–Kier alpha value is -1.31. The number of nitrogens with one attached hydrogen (secondary N) is 1. The van der Waals surface area contributed by atoms with Crippen LogP contribution in [0.2, 0.25) is 0 Å². The van der Waals surface area contributed by atoms with E-state index < -0.39 is 10.0 Å². The minimum atomic E-state index is -3.58. The highest BCUT2D eigenvalue weighted by Crippen LogP contribution is 2.25.